The van der Waals surface area contributed by atoms with Gasteiger partial charge in [0.25, 0.3) is 0 Å². The average Bonchev–Trinajstić information content (AvgIpc) is 2.83. The van der Waals surface area contributed by atoms with E-state index in [-0.39, 0.29) is 18.0 Å². The van der Waals surface area contributed by atoms with Gasteiger partial charge < -0.3 is 14.2 Å². The zero-order valence-corrected chi connectivity index (χ0v) is 10.9. The predicted molar refractivity (Wildman–Crippen MR) is 67.4 cm³/mol. The van der Waals surface area contributed by atoms with Gasteiger partial charge in [0.2, 0.25) is 0 Å². The fourth-order valence-electron chi connectivity index (χ4n) is 2.18. The summed E-state index contributed by atoms with van der Waals surface area (Å²) in [5.74, 6) is 1.17. The molecule has 2 atom stereocenters. The summed E-state index contributed by atoms with van der Waals surface area (Å²) in [6.45, 7) is 1.98. The minimum atomic E-state index is -0.360. The van der Waals surface area contributed by atoms with E-state index in [1.165, 1.54) is 0 Å². The number of carbonyl (C=O) groups is 1. The number of methoxy groups -OCH3 is 2. The smallest absolute Gasteiger partial charge is 0.195 e. The summed E-state index contributed by atoms with van der Waals surface area (Å²) in [7, 11) is 3.13. The zero-order chi connectivity index (χ0) is 13.1. The van der Waals surface area contributed by atoms with E-state index in [4.69, 9.17) is 14.2 Å². The molecule has 4 nitrogen and oxygen atoms in total. The number of hydrogen-bond donors (Lipinski definition) is 0. The van der Waals surface area contributed by atoms with Gasteiger partial charge in [0.1, 0.15) is 17.6 Å². The zero-order valence-electron chi connectivity index (χ0n) is 10.9. The van der Waals surface area contributed by atoms with Gasteiger partial charge in [0.05, 0.1) is 25.9 Å². The second kappa shape index (κ2) is 5.40. The number of Topliss-reactive ketones (excluding diaryl/α,β-unsaturated/α-hetero) is 1. The first-order chi connectivity index (χ1) is 8.65. The average molecular weight is 250 g/mol. The third kappa shape index (κ3) is 2.48. The lowest BCUT2D eigenvalue weighted by Gasteiger charge is -2.13. The predicted octanol–water partition coefficient (Wildman–Crippen LogP) is 2.45. The van der Waals surface area contributed by atoms with Crippen molar-refractivity contribution in [3.63, 3.8) is 0 Å². The number of hydrogen-bond acceptors (Lipinski definition) is 4. The number of carbonyl (C=O) groups excluding carboxylic acids is 1. The summed E-state index contributed by atoms with van der Waals surface area (Å²) in [5, 5.41) is 0. The molecule has 0 bridgehead atoms. The largest absolute Gasteiger partial charge is 0.497 e. The minimum absolute atomic E-state index is 0.0323. The molecule has 1 aliphatic rings. The quantitative estimate of drug-likeness (QED) is 0.770. The standard InChI is InChI=1S/C14H18O4/c1-9-4-6-13(18-9)14(15)11-8-10(16-2)5-7-12(11)17-3/h5,7-9,13H,4,6H2,1-3H3. The van der Waals surface area contributed by atoms with Crippen molar-refractivity contribution < 1.29 is 19.0 Å². The maximum Gasteiger partial charge on any atom is 0.195 e. The maximum absolute atomic E-state index is 12.4. The van der Waals surface area contributed by atoms with Crippen LogP contribution in [-0.4, -0.2) is 32.2 Å². The van der Waals surface area contributed by atoms with E-state index in [0.29, 0.717) is 17.1 Å². The van der Waals surface area contributed by atoms with Gasteiger partial charge in [0.15, 0.2) is 5.78 Å². The monoisotopic (exact) mass is 250 g/mol. The first-order valence-electron chi connectivity index (χ1n) is 6.07. The van der Waals surface area contributed by atoms with Crippen LogP contribution in [0.5, 0.6) is 11.5 Å². The second-order valence-corrected chi connectivity index (χ2v) is 4.44. The van der Waals surface area contributed by atoms with Gasteiger partial charge in [-0.15, -0.1) is 0 Å². The van der Waals surface area contributed by atoms with Crippen LogP contribution in [0, 0.1) is 0 Å². The molecule has 18 heavy (non-hydrogen) atoms. The Kier molecular flexibility index (Phi) is 3.87. The van der Waals surface area contributed by atoms with E-state index in [2.05, 4.69) is 0 Å². The summed E-state index contributed by atoms with van der Waals surface area (Å²) < 4.78 is 16.0. The first kappa shape index (κ1) is 12.9. The van der Waals surface area contributed by atoms with Crippen molar-refractivity contribution in [2.24, 2.45) is 0 Å². The van der Waals surface area contributed by atoms with Crippen molar-refractivity contribution in [3.8, 4) is 11.5 Å². The molecule has 1 saturated heterocycles. The van der Waals surface area contributed by atoms with Crippen LogP contribution in [0.1, 0.15) is 30.1 Å². The highest BCUT2D eigenvalue weighted by Gasteiger charge is 2.30. The number of benzene rings is 1. The third-order valence-electron chi connectivity index (χ3n) is 3.20. The molecule has 0 N–H and O–H groups in total. The van der Waals surface area contributed by atoms with Crippen LogP contribution in [0.4, 0.5) is 0 Å². The Labute approximate surface area is 107 Å². The van der Waals surface area contributed by atoms with Crippen LogP contribution in [0.25, 0.3) is 0 Å². The molecule has 0 aromatic heterocycles. The molecule has 0 amide bonds. The molecule has 1 heterocycles. The molecule has 1 fully saturated rings. The molecule has 2 rings (SSSR count). The van der Waals surface area contributed by atoms with Gasteiger partial charge in [-0.25, -0.2) is 0 Å². The van der Waals surface area contributed by atoms with Crippen molar-refractivity contribution in [2.45, 2.75) is 32.0 Å². The number of ether oxygens (including phenoxy) is 3. The van der Waals surface area contributed by atoms with Gasteiger partial charge in [-0.2, -0.15) is 0 Å². The molecule has 1 aromatic carbocycles. The van der Waals surface area contributed by atoms with Crippen LogP contribution in [-0.2, 0) is 4.74 Å². The first-order valence-corrected chi connectivity index (χ1v) is 6.07. The van der Waals surface area contributed by atoms with E-state index in [0.717, 1.165) is 12.8 Å². The molecule has 0 aliphatic carbocycles. The normalized spacial score (nSPS) is 22.8. The Morgan fingerprint density at radius 3 is 2.61 bits per heavy atom. The Hall–Kier alpha value is -1.55. The molecular formula is C14H18O4. The highest BCUT2D eigenvalue weighted by atomic mass is 16.5. The van der Waals surface area contributed by atoms with Gasteiger partial charge in [-0.05, 0) is 38.0 Å². The number of ketones is 1. The molecule has 0 saturated carbocycles. The molecule has 0 radical (unpaired) electrons. The fraction of sp³-hybridized carbons (Fsp3) is 0.500. The van der Waals surface area contributed by atoms with Crippen LogP contribution in [0.2, 0.25) is 0 Å². The van der Waals surface area contributed by atoms with Gasteiger partial charge in [-0.1, -0.05) is 0 Å². The lowest BCUT2D eigenvalue weighted by Crippen LogP contribution is -2.21. The third-order valence-corrected chi connectivity index (χ3v) is 3.20. The van der Waals surface area contributed by atoms with Crippen molar-refractivity contribution in [1.82, 2.24) is 0 Å². The number of rotatable bonds is 4. The van der Waals surface area contributed by atoms with Gasteiger partial charge in [-0.3, -0.25) is 4.79 Å². The summed E-state index contributed by atoms with van der Waals surface area (Å²) in [4.78, 5) is 12.4. The maximum atomic E-state index is 12.4. The van der Waals surface area contributed by atoms with E-state index < -0.39 is 0 Å². The summed E-state index contributed by atoms with van der Waals surface area (Å²) in [6.07, 6.45) is 1.47. The van der Waals surface area contributed by atoms with Crippen LogP contribution in [0.15, 0.2) is 18.2 Å². The molecule has 1 aromatic rings. The fourth-order valence-corrected chi connectivity index (χ4v) is 2.18. The van der Waals surface area contributed by atoms with Gasteiger partial charge in [0, 0.05) is 0 Å². The summed E-state index contributed by atoms with van der Waals surface area (Å²) in [6, 6.07) is 5.21. The van der Waals surface area contributed by atoms with Crippen LogP contribution < -0.4 is 9.47 Å². The Morgan fingerprint density at radius 1 is 1.28 bits per heavy atom. The SMILES string of the molecule is COc1ccc(OC)c(C(=O)C2CCC(C)O2)c1. The molecule has 98 valence electrons. The topological polar surface area (TPSA) is 44.8 Å². The Bertz CT molecular complexity index is 441. The van der Waals surface area contributed by atoms with E-state index in [9.17, 15) is 4.79 Å². The van der Waals surface area contributed by atoms with Crippen molar-refractivity contribution in [3.05, 3.63) is 23.8 Å². The highest BCUT2D eigenvalue weighted by molar-refractivity contribution is 6.02. The van der Waals surface area contributed by atoms with Gasteiger partial charge >= 0.3 is 0 Å². The summed E-state index contributed by atoms with van der Waals surface area (Å²) >= 11 is 0. The summed E-state index contributed by atoms with van der Waals surface area (Å²) in [5.41, 5.74) is 0.524. The highest BCUT2D eigenvalue weighted by Crippen LogP contribution is 2.29. The molecule has 0 spiro atoms. The Morgan fingerprint density at radius 2 is 2.06 bits per heavy atom. The van der Waals surface area contributed by atoms with Crippen molar-refractivity contribution in [2.75, 3.05) is 14.2 Å². The molecule has 4 heteroatoms. The van der Waals surface area contributed by atoms with E-state index in [1.54, 1.807) is 32.4 Å². The van der Waals surface area contributed by atoms with Crippen LogP contribution >= 0.6 is 0 Å². The molecule has 1 aliphatic heterocycles. The second-order valence-electron chi connectivity index (χ2n) is 4.44. The molecule has 2 unspecified atom stereocenters. The van der Waals surface area contributed by atoms with E-state index in [1.807, 2.05) is 6.92 Å². The van der Waals surface area contributed by atoms with Crippen LogP contribution in [0.3, 0.4) is 0 Å². The lowest BCUT2D eigenvalue weighted by atomic mass is 10.0. The van der Waals surface area contributed by atoms with E-state index >= 15 is 0 Å². The molecular weight excluding hydrogens is 232 g/mol. The van der Waals surface area contributed by atoms with Crippen molar-refractivity contribution >= 4 is 5.78 Å². The Balaban J connectivity index is 2.27. The van der Waals surface area contributed by atoms with Crippen molar-refractivity contribution in [1.29, 1.82) is 0 Å². The minimum Gasteiger partial charge on any atom is -0.497 e. The lowest BCUT2D eigenvalue weighted by molar-refractivity contribution is 0.0431.